The molecule has 0 spiro atoms. The summed E-state index contributed by atoms with van der Waals surface area (Å²) < 4.78 is 5.57. The van der Waals surface area contributed by atoms with Crippen molar-refractivity contribution in [2.24, 2.45) is 0 Å². The first-order chi connectivity index (χ1) is 18.5. The Morgan fingerprint density at radius 1 is 1.08 bits per heavy atom. The third-order valence-electron chi connectivity index (χ3n) is 7.02. The highest BCUT2D eigenvalue weighted by Crippen LogP contribution is 2.41. The predicted molar refractivity (Wildman–Crippen MR) is 152 cm³/mol. The lowest BCUT2D eigenvalue weighted by molar-refractivity contribution is -0.143. The van der Waals surface area contributed by atoms with Crippen LogP contribution in [0.25, 0.3) is 0 Å². The fourth-order valence-electron chi connectivity index (χ4n) is 5.16. The van der Waals surface area contributed by atoms with Crippen LogP contribution in [-0.4, -0.2) is 34.7 Å². The Morgan fingerprint density at radius 2 is 1.89 bits per heavy atom. The molecule has 0 bridgehead atoms. The number of furan rings is 1. The molecule has 2 aromatic heterocycles. The van der Waals surface area contributed by atoms with Crippen LogP contribution < -0.4 is 0 Å². The SMILES string of the molecule is CCC(C(=O)N(CC(=O)N1CCc2sccc2C1c1ccc(Cl)cc1Cl)Cc1ccco1)c1ccccc1. The van der Waals surface area contributed by atoms with Gasteiger partial charge in [0.25, 0.3) is 0 Å². The van der Waals surface area contributed by atoms with Gasteiger partial charge in [0.2, 0.25) is 11.8 Å². The molecule has 3 heterocycles. The van der Waals surface area contributed by atoms with Crippen molar-refractivity contribution in [1.82, 2.24) is 9.80 Å². The molecule has 0 aliphatic carbocycles. The minimum Gasteiger partial charge on any atom is -0.467 e. The molecule has 2 amide bonds. The van der Waals surface area contributed by atoms with E-state index in [2.05, 4.69) is 6.07 Å². The van der Waals surface area contributed by atoms with Gasteiger partial charge in [0.05, 0.1) is 24.8 Å². The van der Waals surface area contributed by atoms with Crippen molar-refractivity contribution < 1.29 is 14.0 Å². The first kappa shape index (κ1) is 26.5. The monoisotopic (exact) mass is 566 g/mol. The number of rotatable bonds is 8. The summed E-state index contributed by atoms with van der Waals surface area (Å²) in [5, 5.41) is 3.10. The first-order valence-corrected chi connectivity index (χ1v) is 14.3. The number of benzene rings is 2. The maximum absolute atomic E-state index is 14.0. The van der Waals surface area contributed by atoms with Crippen molar-refractivity contribution in [3.63, 3.8) is 0 Å². The summed E-state index contributed by atoms with van der Waals surface area (Å²) in [6.45, 7) is 2.67. The quantitative estimate of drug-likeness (QED) is 0.224. The Kier molecular flexibility index (Phi) is 8.22. The van der Waals surface area contributed by atoms with Crippen molar-refractivity contribution in [3.8, 4) is 0 Å². The highest BCUT2D eigenvalue weighted by atomic mass is 35.5. The number of hydrogen-bond acceptors (Lipinski definition) is 4. The number of hydrogen-bond donors (Lipinski definition) is 0. The molecule has 2 aromatic carbocycles. The molecule has 5 nitrogen and oxygen atoms in total. The van der Waals surface area contributed by atoms with Crippen LogP contribution in [0.1, 0.15) is 52.6 Å². The van der Waals surface area contributed by atoms with Gasteiger partial charge >= 0.3 is 0 Å². The Balaban J connectivity index is 1.46. The molecular formula is C30H28Cl2N2O3S. The summed E-state index contributed by atoms with van der Waals surface area (Å²) in [7, 11) is 0. The van der Waals surface area contributed by atoms with Crippen molar-refractivity contribution in [3.05, 3.63) is 116 Å². The molecule has 2 atom stereocenters. The van der Waals surface area contributed by atoms with Crippen LogP contribution >= 0.6 is 34.5 Å². The van der Waals surface area contributed by atoms with Gasteiger partial charge in [-0.3, -0.25) is 9.59 Å². The Labute approximate surface area is 236 Å². The Morgan fingerprint density at radius 3 is 2.61 bits per heavy atom. The number of halogens is 2. The molecule has 1 aliphatic heterocycles. The molecule has 8 heteroatoms. The lowest BCUT2D eigenvalue weighted by Crippen LogP contribution is -2.47. The highest BCUT2D eigenvalue weighted by molar-refractivity contribution is 7.10. The highest BCUT2D eigenvalue weighted by Gasteiger charge is 2.36. The Bertz CT molecular complexity index is 1400. The number of amides is 2. The maximum atomic E-state index is 14.0. The van der Waals surface area contributed by atoms with E-state index in [-0.39, 0.29) is 36.9 Å². The fourth-order valence-corrected chi connectivity index (χ4v) is 6.57. The van der Waals surface area contributed by atoms with Crippen LogP contribution in [0, 0.1) is 0 Å². The fraction of sp³-hybridized carbons (Fsp3) is 0.267. The average Bonchev–Trinajstić information content (AvgIpc) is 3.61. The van der Waals surface area contributed by atoms with Gasteiger partial charge in [-0.15, -0.1) is 11.3 Å². The summed E-state index contributed by atoms with van der Waals surface area (Å²) in [6, 6.07) is 20.4. The van der Waals surface area contributed by atoms with E-state index in [1.54, 1.807) is 40.7 Å². The van der Waals surface area contributed by atoms with Gasteiger partial charge in [-0.25, -0.2) is 0 Å². The second-order valence-electron chi connectivity index (χ2n) is 9.35. The first-order valence-electron chi connectivity index (χ1n) is 12.6. The summed E-state index contributed by atoms with van der Waals surface area (Å²) in [6.07, 6.45) is 2.96. The number of fused-ring (bicyclic) bond motifs is 1. The molecule has 0 fully saturated rings. The normalized spacial score (nSPS) is 15.7. The second kappa shape index (κ2) is 11.8. The van der Waals surface area contributed by atoms with Crippen molar-refractivity contribution in [2.45, 2.75) is 38.3 Å². The minimum atomic E-state index is -0.356. The van der Waals surface area contributed by atoms with Crippen molar-refractivity contribution in [2.75, 3.05) is 13.1 Å². The summed E-state index contributed by atoms with van der Waals surface area (Å²) in [5.41, 5.74) is 2.82. The van der Waals surface area contributed by atoms with E-state index in [1.807, 2.05) is 59.7 Å². The van der Waals surface area contributed by atoms with Crippen LogP contribution in [0.3, 0.4) is 0 Å². The minimum absolute atomic E-state index is 0.0654. The lowest BCUT2D eigenvalue weighted by atomic mass is 9.92. The van der Waals surface area contributed by atoms with Crippen molar-refractivity contribution in [1.29, 1.82) is 0 Å². The molecule has 196 valence electrons. The van der Waals surface area contributed by atoms with Gasteiger partial charge in [0, 0.05) is 21.5 Å². The van der Waals surface area contributed by atoms with E-state index in [4.69, 9.17) is 27.6 Å². The van der Waals surface area contributed by atoms with Gasteiger partial charge in [-0.05, 0) is 65.2 Å². The standard InChI is InChI=1S/C30H28Cl2N2O3S/c1-2-23(20-7-4-3-5-8-20)30(36)33(18-22-9-6-15-37-22)19-28(35)34-14-12-27-25(13-16-38-27)29(34)24-11-10-21(31)17-26(24)32/h3-11,13,15-17,23,29H,2,12,14,18-19H2,1H3. The van der Waals surface area contributed by atoms with Crippen LogP contribution in [0.4, 0.5) is 0 Å². The summed E-state index contributed by atoms with van der Waals surface area (Å²) in [5.74, 6) is 0.0360. The van der Waals surface area contributed by atoms with Gasteiger partial charge in [0.15, 0.2) is 0 Å². The van der Waals surface area contributed by atoms with E-state index < -0.39 is 0 Å². The molecule has 0 saturated heterocycles. The van der Waals surface area contributed by atoms with Crippen LogP contribution in [-0.2, 0) is 22.6 Å². The molecule has 38 heavy (non-hydrogen) atoms. The summed E-state index contributed by atoms with van der Waals surface area (Å²) in [4.78, 5) is 32.6. The lowest BCUT2D eigenvalue weighted by Gasteiger charge is -2.38. The largest absolute Gasteiger partial charge is 0.467 e. The van der Waals surface area contributed by atoms with Crippen LogP contribution in [0.15, 0.2) is 82.8 Å². The maximum Gasteiger partial charge on any atom is 0.243 e. The average molecular weight is 568 g/mol. The zero-order valence-electron chi connectivity index (χ0n) is 21.0. The molecule has 2 unspecified atom stereocenters. The predicted octanol–water partition coefficient (Wildman–Crippen LogP) is 7.34. The van der Waals surface area contributed by atoms with Gasteiger partial charge in [-0.2, -0.15) is 0 Å². The van der Waals surface area contributed by atoms with Crippen molar-refractivity contribution >= 4 is 46.4 Å². The molecule has 5 rings (SSSR count). The summed E-state index contributed by atoms with van der Waals surface area (Å²) >= 11 is 14.5. The number of carbonyl (C=O) groups excluding carboxylic acids is 2. The molecule has 0 N–H and O–H groups in total. The molecule has 0 radical (unpaired) electrons. The molecule has 1 aliphatic rings. The molecular weight excluding hydrogens is 539 g/mol. The van der Waals surface area contributed by atoms with Crippen LogP contribution in [0.5, 0.6) is 0 Å². The van der Waals surface area contributed by atoms with Gasteiger partial charge in [-0.1, -0.05) is 66.5 Å². The van der Waals surface area contributed by atoms with E-state index >= 15 is 0 Å². The third kappa shape index (κ3) is 5.53. The zero-order chi connectivity index (χ0) is 26.6. The number of nitrogens with zero attached hydrogens (tertiary/aromatic N) is 2. The molecule has 0 saturated carbocycles. The van der Waals surface area contributed by atoms with E-state index in [0.717, 1.165) is 23.1 Å². The van der Waals surface area contributed by atoms with E-state index in [1.165, 1.54) is 4.88 Å². The second-order valence-corrected chi connectivity index (χ2v) is 11.2. The van der Waals surface area contributed by atoms with Gasteiger partial charge < -0.3 is 14.2 Å². The van der Waals surface area contributed by atoms with E-state index in [9.17, 15) is 9.59 Å². The van der Waals surface area contributed by atoms with Gasteiger partial charge in [0.1, 0.15) is 12.3 Å². The topological polar surface area (TPSA) is 53.8 Å². The van der Waals surface area contributed by atoms with E-state index in [0.29, 0.717) is 28.8 Å². The zero-order valence-corrected chi connectivity index (χ0v) is 23.3. The smallest absolute Gasteiger partial charge is 0.243 e. The number of thiophene rings is 1. The molecule has 4 aromatic rings. The van der Waals surface area contributed by atoms with Crippen LogP contribution in [0.2, 0.25) is 10.0 Å². The third-order valence-corrected chi connectivity index (χ3v) is 8.58. The number of carbonyl (C=O) groups is 2. The Hall–Kier alpha value is -3.06.